The van der Waals surface area contributed by atoms with Crippen molar-refractivity contribution in [1.29, 1.82) is 0 Å². The molecule has 0 radical (unpaired) electrons. The Balaban J connectivity index is 2.68. The van der Waals surface area contributed by atoms with Crippen molar-refractivity contribution in [3.8, 4) is 0 Å². The van der Waals surface area contributed by atoms with Crippen LogP contribution in [0.5, 0.6) is 0 Å². The largest absolute Gasteiger partial charge is 0.462 e. The van der Waals surface area contributed by atoms with Gasteiger partial charge in [0.05, 0.1) is 30.0 Å². The van der Waals surface area contributed by atoms with Gasteiger partial charge in [-0.25, -0.2) is 14.6 Å². The van der Waals surface area contributed by atoms with Crippen molar-refractivity contribution in [3.05, 3.63) is 28.5 Å². The molecular weight excluding hydrogens is 312 g/mol. The first-order valence-corrected chi connectivity index (χ1v) is 7.01. The first kappa shape index (κ1) is 16.1. The summed E-state index contributed by atoms with van der Waals surface area (Å²) in [7, 11) is 1.44. The van der Waals surface area contributed by atoms with Gasteiger partial charge in [-0.1, -0.05) is 11.6 Å². The van der Waals surface area contributed by atoms with Crippen LogP contribution in [0, 0.1) is 0 Å². The molecule has 0 N–H and O–H groups in total. The molecule has 0 atom stereocenters. The van der Waals surface area contributed by atoms with Crippen LogP contribution in [-0.4, -0.2) is 42.0 Å². The van der Waals surface area contributed by atoms with Crippen molar-refractivity contribution in [2.45, 2.75) is 13.8 Å². The molecule has 0 fully saturated rings. The minimum atomic E-state index is -0.714. The Kier molecular flexibility index (Phi) is 4.87. The maximum Gasteiger partial charge on any atom is 0.357 e. The summed E-state index contributed by atoms with van der Waals surface area (Å²) in [4.78, 5) is 33.4. The molecule has 0 unspecified atom stereocenters. The SMILES string of the molecule is CCOC(=O)c1cc2c(nc1C(=O)OCC)c(Cl)cn2OC. The fourth-order valence-electron chi connectivity index (χ4n) is 1.95. The molecule has 7 nitrogen and oxygen atoms in total. The van der Waals surface area contributed by atoms with Crippen molar-refractivity contribution < 1.29 is 23.9 Å². The van der Waals surface area contributed by atoms with E-state index in [4.69, 9.17) is 25.9 Å². The summed E-state index contributed by atoms with van der Waals surface area (Å²) >= 11 is 6.07. The van der Waals surface area contributed by atoms with E-state index in [-0.39, 0.29) is 29.5 Å². The normalized spacial score (nSPS) is 10.5. The predicted molar refractivity (Wildman–Crippen MR) is 79.2 cm³/mol. The quantitative estimate of drug-likeness (QED) is 0.783. The first-order chi connectivity index (χ1) is 10.5. The molecular formula is C14H15ClN2O5. The van der Waals surface area contributed by atoms with Crippen molar-refractivity contribution in [2.75, 3.05) is 20.3 Å². The molecule has 0 saturated heterocycles. The summed E-state index contributed by atoms with van der Waals surface area (Å²) in [5.41, 5.74) is 0.646. The molecule has 0 amide bonds. The van der Waals surface area contributed by atoms with Crippen LogP contribution in [0.4, 0.5) is 0 Å². The van der Waals surface area contributed by atoms with Gasteiger partial charge >= 0.3 is 11.9 Å². The van der Waals surface area contributed by atoms with Gasteiger partial charge in [0.15, 0.2) is 5.69 Å². The van der Waals surface area contributed by atoms with Crippen molar-refractivity contribution in [2.24, 2.45) is 0 Å². The summed E-state index contributed by atoms with van der Waals surface area (Å²) in [5, 5.41) is 0.290. The third kappa shape index (κ3) is 2.85. The lowest BCUT2D eigenvalue weighted by molar-refractivity contribution is 0.0474. The first-order valence-electron chi connectivity index (χ1n) is 6.63. The highest BCUT2D eigenvalue weighted by molar-refractivity contribution is 6.35. The Labute approximate surface area is 131 Å². The van der Waals surface area contributed by atoms with Crippen LogP contribution in [0.25, 0.3) is 11.0 Å². The number of carbonyl (C=O) groups excluding carboxylic acids is 2. The molecule has 0 spiro atoms. The number of ether oxygens (including phenoxy) is 2. The average Bonchev–Trinajstić information content (AvgIpc) is 2.82. The average molecular weight is 327 g/mol. The van der Waals surface area contributed by atoms with Crippen molar-refractivity contribution in [3.63, 3.8) is 0 Å². The zero-order valence-corrected chi connectivity index (χ0v) is 13.1. The fraction of sp³-hybridized carbons (Fsp3) is 0.357. The minimum Gasteiger partial charge on any atom is -0.462 e. The summed E-state index contributed by atoms with van der Waals surface area (Å²) < 4.78 is 11.2. The molecule has 0 aromatic carbocycles. The number of carbonyl (C=O) groups is 2. The van der Waals surface area contributed by atoms with E-state index < -0.39 is 11.9 Å². The zero-order chi connectivity index (χ0) is 16.3. The maximum absolute atomic E-state index is 12.1. The predicted octanol–water partition coefficient (Wildman–Crippen LogP) is 2.10. The molecule has 0 aliphatic heterocycles. The molecule has 22 heavy (non-hydrogen) atoms. The smallest absolute Gasteiger partial charge is 0.357 e. The number of nitrogens with zero attached hydrogens (tertiary/aromatic N) is 2. The van der Waals surface area contributed by atoms with Crippen LogP contribution in [0.3, 0.4) is 0 Å². The van der Waals surface area contributed by atoms with Crippen LogP contribution in [0.1, 0.15) is 34.7 Å². The summed E-state index contributed by atoms with van der Waals surface area (Å²) in [6, 6.07) is 1.45. The molecule has 118 valence electrons. The second kappa shape index (κ2) is 6.65. The zero-order valence-electron chi connectivity index (χ0n) is 12.4. The molecule has 2 rings (SSSR count). The van der Waals surface area contributed by atoms with Crippen molar-refractivity contribution >= 4 is 34.6 Å². The van der Waals surface area contributed by atoms with Gasteiger partial charge < -0.3 is 14.3 Å². The van der Waals surface area contributed by atoms with E-state index in [0.29, 0.717) is 11.0 Å². The lowest BCUT2D eigenvalue weighted by Crippen LogP contribution is -2.16. The van der Waals surface area contributed by atoms with Crippen LogP contribution >= 0.6 is 11.6 Å². The molecule has 0 saturated carbocycles. The fourth-order valence-corrected chi connectivity index (χ4v) is 2.18. The van der Waals surface area contributed by atoms with Gasteiger partial charge in [-0.15, -0.1) is 0 Å². The van der Waals surface area contributed by atoms with E-state index in [0.717, 1.165) is 0 Å². The van der Waals surface area contributed by atoms with Gasteiger partial charge in [-0.2, -0.15) is 4.73 Å². The van der Waals surface area contributed by atoms with Crippen LogP contribution in [0.2, 0.25) is 5.02 Å². The third-order valence-corrected chi connectivity index (χ3v) is 3.13. The summed E-state index contributed by atoms with van der Waals surface area (Å²) in [6.45, 7) is 3.66. The standard InChI is InChI=1S/C14H15ClN2O5/c1-4-21-13(18)8-6-10-12(9(15)7-17(10)20-3)16-11(8)14(19)22-5-2/h6-7H,4-5H2,1-3H3. The molecule has 2 heterocycles. The molecule has 2 aromatic heterocycles. The molecule has 0 bridgehead atoms. The van der Waals surface area contributed by atoms with Gasteiger partial charge in [0, 0.05) is 0 Å². The van der Waals surface area contributed by atoms with Gasteiger partial charge in [0.1, 0.15) is 18.1 Å². The summed E-state index contributed by atoms with van der Waals surface area (Å²) in [5.74, 6) is -1.38. The number of hydrogen-bond acceptors (Lipinski definition) is 6. The Morgan fingerprint density at radius 1 is 1.23 bits per heavy atom. The Morgan fingerprint density at radius 3 is 2.45 bits per heavy atom. The minimum absolute atomic E-state index is 0.000802. The van der Waals surface area contributed by atoms with E-state index in [1.54, 1.807) is 13.8 Å². The third-order valence-electron chi connectivity index (χ3n) is 2.86. The summed E-state index contributed by atoms with van der Waals surface area (Å²) in [6.07, 6.45) is 1.49. The van der Waals surface area contributed by atoms with Crippen LogP contribution < -0.4 is 4.84 Å². The number of aromatic nitrogens is 2. The van der Waals surface area contributed by atoms with Gasteiger partial charge in [-0.05, 0) is 19.9 Å². The number of pyridine rings is 1. The topological polar surface area (TPSA) is 79.6 Å². The molecule has 2 aromatic rings. The second-order valence-electron chi connectivity index (χ2n) is 4.18. The Bertz CT molecular complexity index is 726. The Hall–Kier alpha value is -2.28. The molecule has 0 aliphatic carbocycles. The van der Waals surface area contributed by atoms with E-state index in [1.165, 1.54) is 24.1 Å². The van der Waals surface area contributed by atoms with E-state index in [2.05, 4.69) is 4.98 Å². The number of halogens is 1. The monoisotopic (exact) mass is 326 g/mol. The van der Waals surface area contributed by atoms with Crippen LogP contribution in [0.15, 0.2) is 12.3 Å². The number of rotatable bonds is 5. The van der Waals surface area contributed by atoms with Crippen molar-refractivity contribution in [1.82, 2.24) is 9.71 Å². The van der Waals surface area contributed by atoms with Crippen LogP contribution in [-0.2, 0) is 9.47 Å². The maximum atomic E-state index is 12.1. The van der Waals surface area contributed by atoms with Gasteiger partial charge in [-0.3, -0.25) is 0 Å². The van der Waals surface area contributed by atoms with E-state index in [1.807, 2.05) is 0 Å². The highest BCUT2D eigenvalue weighted by atomic mass is 35.5. The highest BCUT2D eigenvalue weighted by Gasteiger charge is 2.24. The Morgan fingerprint density at radius 2 is 1.86 bits per heavy atom. The molecule has 8 heteroatoms. The number of fused-ring (bicyclic) bond motifs is 1. The number of esters is 2. The molecule has 0 aliphatic rings. The lowest BCUT2D eigenvalue weighted by atomic mass is 10.1. The van der Waals surface area contributed by atoms with E-state index in [9.17, 15) is 9.59 Å². The number of hydrogen-bond donors (Lipinski definition) is 0. The van der Waals surface area contributed by atoms with E-state index >= 15 is 0 Å². The second-order valence-corrected chi connectivity index (χ2v) is 4.59. The van der Waals surface area contributed by atoms with Gasteiger partial charge in [0.2, 0.25) is 0 Å². The highest BCUT2D eigenvalue weighted by Crippen LogP contribution is 2.26. The van der Waals surface area contributed by atoms with Gasteiger partial charge in [0.25, 0.3) is 0 Å². The lowest BCUT2D eigenvalue weighted by Gasteiger charge is -2.09.